The summed E-state index contributed by atoms with van der Waals surface area (Å²) >= 11 is 0. The van der Waals surface area contributed by atoms with Gasteiger partial charge < -0.3 is 15.0 Å². The first kappa shape index (κ1) is 13.9. The zero-order valence-corrected chi connectivity index (χ0v) is 11.3. The molecule has 2 unspecified atom stereocenters. The largest absolute Gasteiger partial charge is 0.381 e. The van der Waals surface area contributed by atoms with E-state index in [1.54, 1.807) is 0 Å². The van der Waals surface area contributed by atoms with Crippen LogP contribution in [0.4, 0.5) is 0 Å². The van der Waals surface area contributed by atoms with E-state index in [1.165, 1.54) is 19.3 Å². The molecule has 0 amide bonds. The molecule has 3 nitrogen and oxygen atoms in total. The maximum atomic E-state index is 5.47. The summed E-state index contributed by atoms with van der Waals surface area (Å²) in [6.07, 6.45) is 3.70. The quantitative estimate of drug-likeness (QED) is 0.747. The SMILES string of the molecule is CCC(CNC)C(C1CCOCC1)N(C)C. The smallest absolute Gasteiger partial charge is 0.0469 e. The fraction of sp³-hybridized carbons (Fsp3) is 1.00. The van der Waals surface area contributed by atoms with Crippen molar-refractivity contribution >= 4 is 0 Å². The maximum absolute atomic E-state index is 5.47. The van der Waals surface area contributed by atoms with Crippen LogP contribution in [0.2, 0.25) is 0 Å². The van der Waals surface area contributed by atoms with Crippen molar-refractivity contribution in [2.24, 2.45) is 11.8 Å². The van der Waals surface area contributed by atoms with Gasteiger partial charge in [-0.05, 0) is 52.4 Å². The highest BCUT2D eigenvalue weighted by Gasteiger charge is 2.30. The van der Waals surface area contributed by atoms with Gasteiger partial charge in [0.1, 0.15) is 0 Å². The molecule has 0 bridgehead atoms. The van der Waals surface area contributed by atoms with Crippen LogP contribution in [-0.4, -0.2) is 51.8 Å². The van der Waals surface area contributed by atoms with Crippen LogP contribution in [0.1, 0.15) is 26.2 Å². The van der Waals surface area contributed by atoms with Crippen molar-refractivity contribution in [1.29, 1.82) is 0 Å². The normalized spacial score (nSPS) is 22.3. The summed E-state index contributed by atoms with van der Waals surface area (Å²) in [4.78, 5) is 2.42. The van der Waals surface area contributed by atoms with Gasteiger partial charge in [-0.1, -0.05) is 13.3 Å². The molecule has 1 saturated heterocycles. The Labute approximate surface area is 101 Å². The van der Waals surface area contributed by atoms with Gasteiger partial charge in [0, 0.05) is 19.3 Å². The highest BCUT2D eigenvalue weighted by atomic mass is 16.5. The van der Waals surface area contributed by atoms with Gasteiger partial charge in [-0.15, -0.1) is 0 Å². The van der Waals surface area contributed by atoms with Crippen LogP contribution in [0, 0.1) is 11.8 Å². The second-order valence-corrected chi connectivity index (χ2v) is 5.13. The predicted molar refractivity (Wildman–Crippen MR) is 68.7 cm³/mol. The summed E-state index contributed by atoms with van der Waals surface area (Å²) < 4.78 is 5.47. The molecular formula is C13H28N2O. The van der Waals surface area contributed by atoms with Crippen molar-refractivity contribution in [1.82, 2.24) is 10.2 Å². The van der Waals surface area contributed by atoms with Crippen LogP contribution in [-0.2, 0) is 4.74 Å². The molecular weight excluding hydrogens is 200 g/mol. The lowest BCUT2D eigenvalue weighted by Crippen LogP contribution is -2.46. The van der Waals surface area contributed by atoms with E-state index in [9.17, 15) is 0 Å². The summed E-state index contributed by atoms with van der Waals surface area (Å²) in [7, 11) is 6.50. The maximum Gasteiger partial charge on any atom is 0.0469 e. The van der Waals surface area contributed by atoms with Crippen molar-refractivity contribution in [3.8, 4) is 0 Å². The number of rotatable bonds is 6. The lowest BCUT2D eigenvalue weighted by molar-refractivity contribution is 0.0201. The van der Waals surface area contributed by atoms with Crippen molar-refractivity contribution < 1.29 is 4.74 Å². The van der Waals surface area contributed by atoms with E-state index in [0.29, 0.717) is 6.04 Å². The van der Waals surface area contributed by atoms with Gasteiger partial charge >= 0.3 is 0 Å². The topological polar surface area (TPSA) is 24.5 Å². The molecule has 0 spiro atoms. The summed E-state index contributed by atoms with van der Waals surface area (Å²) in [6.45, 7) is 5.32. The van der Waals surface area contributed by atoms with E-state index in [4.69, 9.17) is 4.74 Å². The average molecular weight is 228 g/mol. The van der Waals surface area contributed by atoms with Crippen LogP contribution < -0.4 is 5.32 Å². The first-order chi connectivity index (χ1) is 7.70. The minimum absolute atomic E-state index is 0.696. The van der Waals surface area contributed by atoms with Crippen molar-refractivity contribution in [3.05, 3.63) is 0 Å². The van der Waals surface area contributed by atoms with Gasteiger partial charge in [0.05, 0.1) is 0 Å². The van der Waals surface area contributed by atoms with Gasteiger partial charge in [-0.25, -0.2) is 0 Å². The molecule has 2 atom stereocenters. The fourth-order valence-corrected chi connectivity index (χ4v) is 3.05. The number of hydrogen-bond acceptors (Lipinski definition) is 3. The summed E-state index contributed by atoms with van der Waals surface area (Å²) in [6, 6.07) is 0.696. The second kappa shape index (κ2) is 7.25. The number of nitrogens with zero attached hydrogens (tertiary/aromatic N) is 1. The zero-order valence-electron chi connectivity index (χ0n) is 11.3. The Kier molecular flexibility index (Phi) is 6.32. The summed E-state index contributed by atoms with van der Waals surface area (Å²) in [5.41, 5.74) is 0. The van der Waals surface area contributed by atoms with Gasteiger partial charge in [-0.3, -0.25) is 0 Å². The minimum atomic E-state index is 0.696. The molecule has 16 heavy (non-hydrogen) atoms. The molecule has 0 radical (unpaired) electrons. The zero-order chi connectivity index (χ0) is 12.0. The van der Waals surface area contributed by atoms with E-state index < -0.39 is 0 Å². The van der Waals surface area contributed by atoms with Crippen LogP contribution in [0.3, 0.4) is 0 Å². The third-order valence-electron chi connectivity index (χ3n) is 3.82. The molecule has 1 heterocycles. The number of ether oxygens (including phenoxy) is 1. The number of nitrogens with one attached hydrogen (secondary N) is 1. The van der Waals surface area contributed by atoms with Crippen LogP contribution in [0.15, 0.2) is 0 Å². The molecule has 1 aliphatic heterocycles. The standard InChI is InChI=1S/C13H28N2O/c1-5-11(10-14-2)13(15(3)4)12-6-8-16-9-7-12/h11-14H,5-10H2,1-4H3. The van der Waals surface area contributed by atoms with Gasteiger partial charge in [0.2, 0.25) is 0 Å². The molecule has 1 aliphatic rings. The molecule has 1 rings (SSSR count). The summed E-state index contributed by atoms with van der Waals surface area (Å²) in [5, 5.41) is 3.34. The van der Waals surface area contributed by atoms with Crippen molar-refractivity contribution in [2.75, 3.05) is 40.9 Å². The molecule has 1 fully saturated rings. The van der Waals surface area contributed by atoms with E-state index in [2.05, 4.69) is 38.3 Å². The van der Waals surface area contributed by atoms with Crippen molar-refractivity contribution in [2.45, 2.75) is 32.2 Å². The molecule has 0 aromatic heterocycles. The highest BCUT2D eigenvalue weighted by Crippen LogP contribution is 2.28. The van der Waals surface area contributed by atoms with Crippen LogP contribution in [0.5, 0.6) is 0 Å². The Bertz CT molecular complexity index is 174. The predicted octanol–water partition coefficient (Wildman–Crippen LogP) is 1.59. The first-order valence-electron chi connectivity index (χ1n) is 6.59. The monoisotopic (exact) mass is 228 g/mol. The molecule has 96 valence electrons. The Hall–Kier alpha value is -0.120. The number of hydrogen-bond donors (Lipinski definition) is 1. The van der Waals surface area contributed by atoms with E-state index in [-0.39, 0.29) is 0 Å². The molecule has 0 saturated carbocycles. The van der Waals surface area contributed by atoms with Crippen LogP contribution >= 0.6 is 0 Å². The van der Waals surface area contributed by atoms with E-state index >= 15 is 0 Å². The third kappa shape index (κ3) is 3.72. The van der Waals surface area contributed by atoms with E-state index in [0.717, 1.165) is 31.6 Å². The Balaban J connectivity index is 2.63. The molecule has 0 aliphatic carbocycles. The van der Waals surface area contributed by atoms with Crippen molar-refractivity contribution in [3.63, 3.8) is 0 Å². The second-order valence-electron chi connectivity index (χ2n) is 5.13. The molecule has 1 N–H and O–H groups in total. The lowest BCUT2D eigenvalue weighted by atomic mass is 9.81. The third-order valence-corrected chi connectivity index (χ3v) is 3.82. The summed E-state index contributed by atoms with van der Waals surface area (Å²) in [5.74, 6) is 1.56. The van der Waals surface area contributed by atoms with E-state index in [1.807, 2.05) is 0 Å². The van der Waals surface area contributed by atoms with Gasteiger partial charge in [0.25, 0.3) is 0 Å². The molecule has 0 aromatic carbocycles. The average Bonchev–Trinajstić information content (AvgIpc) is 2.29. The highest BCUT2D eigenvalue weighted by molar-refractivity contribution is 4.84. The Morgan fingerprint density at radius 2 is 1.94 bits per heavy atom. The lowest BCUT2D eigenvalue weighted by Gasteiger charge is -2.39. The molecule has 3 heteroatoms. The fourth-order valence-electron chi connectivity index (χ4n) is 3.05. The Morgan fingerprint density at radius 3 is 2.38 bits per heavy atom. The van der Waals surface area contributed by atoms with Gasteiger partial charge in [0.15, 0.2) is 0 Å². The molecule has 0 aromatic rings. The Morgan fingerprint density at radius 1 is 1.31 bits per heavy atom. The van der Waals surface area contributed by atoms with Gasteiger partial charge in [-0.2, -0.15) is 0 Å². The minimum Gasteiger partial charge on any atom is -0.381 e. The first-order valence-corrected chi connectivity index (χ1v) is 6.59. The van der Waals surface area contributed by atoms with Crippen LogP contribution in [0.25, 0.3) is 0 Å².